The average Bonchev–Trinajstić information content (AvgIpc) is 2.27. The summed E-state index contributed by atoms with van der Waals surface area (Å²) in [7, 11) is 0.495. The van der Waals surface area contributed by atoms with Crippen molar-refractivity contribution in [3.05, 3.63) is 29.8 Å². The molecule has 0 aliphatic heterocycles. The van der Waals surface area contributed by atoms with Crippen LogP contribution in [0.25, 0.3) is 0 Å². The Hall–Kier alpha value is -0.803. The lowest BCUT2D eigenvalue weighted by molar-refractivity contribution is 0.401. The van der Waals surface area contributed by atoms with Gasteiger partial charge in [0.05, 0.1) is 0 Å². The summed E-state index contributed by atoms with van der Waals surface area (Å²) in [5, 5.41) is 0. The number of unbranched alkanes of at least 4 members (excludes halogenated alkanes) is 1. The molecule has 0 amide bonds. The molecule has 0 saturated carbocycles. The van der Waals surface area contributed by atoms with E-state index in [0.717, 1.165) is 12.1 Å². The maximum atomic E-state index is 5.65. The van der Waals surface area contributed by atoms with E-state index in [1.54, 1.807) is 0 Å². The van der Waals surface area contributed by atoms with Crippen LogP contribution in [0, 0.1) is 0 Å². The van der Waals surface area contributed by atoms with Gasteiger partial charge in [0.1, 0.15) is 0 Å². The molecule has 1 aromatic rings. The summed E-state index contributed by atoms with van der Waals surface area (Å²) in [6, 6.07) is 9.44. The molecular formula is C13H23NOSi. The fourth-order valence-electron chi connectivity index (χ4n) is 1.67. The molecule has 16 heavy (non-hydrogen) atoms. The molecule has 0 bridgehead atoms. The minimum atomic E-state index is -1.34. The van der Waals surface area contributed by atoms with Crippen LogP contribution in [0.3, 0.4) is 0 Å². The van der Waals surface area contributed by atoms with Crippen LogP contribution < -0.4 is 5.73 Å². The Morgan fingerprint density at radius 2 is 1.75 bits per heavy atom. The first kappa shape index (κ1) is 13.3. The highest BCUT2D eigenvalue weighted by molar-refractivity contribution is 6.71. The van der Waals surface area contributed by atoms with E-state index >= 15 is 0 Å². The molecule has 90 valence electrons. The molecule has 0 spiro atoms. The van der Waals surface area contributed by atoms with Crippen molar-refractivity contribution in [2.24, 2.45) is 0 Å². The van der Waals surface area contributed by atoms with E-state index in [0.29, 0.717) is 0 Å². The van der Waals surface area contributed by atoms with E-state index in [-0.39, 0.29) is 0 Å². The molecule has 2 N–H and O–H groups in total. The summed E-state index contributed by atoms with van der Waals surface area (Å²) in [6.45, 7) is 4.55. The molecule has 1 rings (SSSR count). The highest BCUT2D eigenvalue weighted by Gasteiger charge is 2.19. The van der Waals surface area contributed by atoms with Crippen LogP contribution in [0.1, 0.15) is 18.4 Å². The molecule has 0 atom stereocenters. The van der Waals surface area contributed by atoms with Gasteiger partial charge in [-0.25, -0.2) is 0 Å². The van der Waals surface area contributed by atoms with Crippen molar-refractivity contribution in [2.75, 3.05) is 12.8 Å². The third-order valence-electron chi connectivity index (χ3n) is 3.03. The molecule has 0 unspecified atom stereocenters. The monoisotopic (exact) mass is 237 g/mol. The zero-order valence-corrected chi connectivity index (χ0v) is 11.6. The van der Waals surface area contributed by atoms with E-state index < -0.39 is 8.32 Å². The van der Waals surface area contributed by atoms with Gasteiger partial charge in [0, 0.05) is 12.8 Å². The Bertz CT molecular complexity index is 308. The van der Waals surface area contributed by atoms with Gasteiger partial charge in [-0.3, -0.25) is 0 Å². The minimum Gasteiger partial charge on any atom is -0.420 e. The zero-order valence-electron chi connectivity index (χ0n) is 10.6. The van der Waals surface area contributed by atoms with Crippen LogP contribution in [0.4, 0.5) is 5.69 Å². The maximum absolute atomic E-state index is 5.65. The molecule has 0 aromatic heterocycles. The minimum absolute atomic E-state index is 0.844. The molecule has 0 fully saturated rings. The van der Waals surface area contributed by atoms with Crippen LogP contribution in [0.5, 0.6) is 0 Å². The summed E-state index contributed by atoms with van der Waals surface area (Å²) in [5.74, 6) is 0. The largest absolute Gasteiger partial charge is 0.420 e. The maximum Gasteiger partial charge on any atom is 0.186 e. The van der Waals surface area contributed by atoms with Gasteiger partial charge in [-0.1, -0.05) is 18.6 Å². The first-order valence-electron chi connectivity index (χ1n) is 5.93. The second-order valence-corrected chi connectivity index (χ2v) is 9.34. The molecule has 0 saturated heterocycles. The lowest BCUT2D eigenvalue weighted by Gasteiger charge is -2.19. The van der Waals surface area contributed by atoms with Crippen molar-refractivity contribution in [3.8, 4) is 0 Å². The topological polar surface area (TPSA) is 35.2 Å². The number of aryl methyl sites for hydroxylation is 1. The van der Waals surface area contributed by atoms with Crippen molar-refractivity contribution in [3.63, 3.8) is 0 Å². The van der Waals surface area contributed by atoms with Crippen molar-refractivity contribution in [1.82, 2.24) is 0 Å². The summed E-state index contributed by atoms with van der Waals surface area (Å²) in [4.78, 5) is 0. The van der Waals surface area contributed by atoms with E-state index in [1.165, 1.54) is 24.4 Å². The fraction of sp³-hybridized carbons (Fsp3) is 0.538. The predicted octanol–water partition coefficient (Wildman–Crippen LogP) is 3.44. The smallest absolute Gasteiger partial charge is 0.186 e. The SMILES string of the molecule is CO[Si](C)(C)CCCCc1ccc(N)cc1. The number of anilines is 1. The molecule has 2 nitrogen and oxygen atoms in total. The van der Waals surface area contributed by atoms with E-state index in [4.69, 9.17) is 10.2 Å². The Kier molecular flexibility index (Phi) is 5.02. The number of hydrogen-bond acceptors (Lipinski definition) is 2. The van der Waals surface area contributed by atoms with E-state index in [2.05, 4.69) is 25.2 Å². The van der Waals surface area contributed by atoms with Gasteiger partial charge in [-0.05, 0) is 49.7 Å². The third-order valence-corrected chi connectivity index (χ3v) is 5.69. The van der Waals surface area contributed by atoms with Gasteiger partial charge in [0.2, 0.25) is 0 Å². The first-order valence-corrected chi connectivity index (χ1v) is 9.04. The highest BCUT2D eigenvalue weighted by Crippen LogP contribution is 2.16. The molecular weight excluding hydrogens is 214 g/mol. The lowest BCUT2D eigenvalue weighted by Crippen LogP contribution is -2.27. The summed E-state index contributed by atoms with van der Waals surface area (Å²) in [5.41, 5.74) is 7.87. The molecule has 0 heterocycles. The van der Waals surface area contributed by atoms with Gasteiger partial charge < -0.3 is 10.2 Å². The van der Waals surface area contributed by atoms with Gasteiger partial charge in [-0.15, -0.1) is 0 Å². The van der Waals surface area contributed by atoms with Crippen LogP contribution in [0.15, 0.2) is 24.3 Å². The molecule has 0 aliphatic rings. The number of nitrogens with two attached hydrogens (primary N) is 1. The highest BCUT2D eigenvalue weighted by atomic mass is 28.4. The summed E-state index contributed by atoms with van der Waals surface area (Å²) >= 11 is 0. The Morgan fingerprint density at radius 3 is 2.31 bits per heavy atom. The van der Waals surface area contributed by atoms with Gasteiger partial charge in [0.25, 0.3) is 0 Å². The number of hydrogen-bond donors (Lipinski definition) is 1. The van der Waals surface area contributed by atoms with Gasteiger partial charge in [0.15, 0.2) is 8.32 Å². The molecule has 1 aromatic carbocycles. The van der Waals surface area contributed by atoms with Gasteiger partial charge >= 0.3 is 0 Å². The lowest BCUT2D eigenvalue weighted by atomic mass is 10.1. The van der Waals surface area contributed by atoms with Crippen molar-refractivity contribution in [2.45, 2.75) is 38.4 Å². The zero-order chi connectivity index (χ0) is 12.0. The summed E-state index contributed by atoms with van der Waals surface area (Å²) in [6.07, 6.45) is 3.65. The quantitative estimate of drug-likeness (QED) is 0.467. The van der Waals surface area contributed by atoms with Crippen LogP contribution >= 0.6 is 0 Å². The van der Waals surface area contributed by atoms with Gasteiger partial charge in [-0.2, -0.15) is 0 Å². The second-order valence-electron chi connectivity index (χ2n) is 4.91. The number of nitrogen functional groups attached to an aromatic ring is 1. The number of rotatable bonds is 6. The normalized spacial score (nSPS) is 11.7. The standard InChI is InChI=1S/C13H23NOSi/c1-15-16(2,3)11-5-4-6-12-7-9-13(14)10-8-12/h7-10H,4-6,11,14H2,1-3H3. The predicted molar refractivity (Wildman–Crippen MR) is 73.1 cm³/mol. The fourth-order valence-corrected chi connectivity index (χ4v) is 2.97. The molecule has 0 aliphatic carbocycles. The summed E-state index contributed by atoms with van der Waals surface area (Å²) < 4.78 is 5.53. The number of benzene rings is 1. The van der Waals surface area contributed by atoms with Crippen LogP contribution in [0.2, 0.25) is 19.1 Å². The third kappa shape index (κ3) is 4.81. The first-order chi connectivity index (χ1) is 7.53. The molecule has 3 heteroatoms. The Labute approximate surface area is 99.9 Å². The van der Waals surface area contributed by atoms with E-state index in [1.807, 2.05) is 19.2 Å². The van der Waals surface area contributed by atoms with Crippen LogP contribution in [-0.4, -0.2) is 15.4 Å². The van der Waals surface area contributed by atoms with E-state index in [9.17, 15) is 0 Å². The Balaban J connectivity index is 2.23. The van der Waals surface area contributed by atoms with Crippen molar-refractivity contribution in [1.29, 1.82) is 0 Å². The van der Waals surface area contributed by atoms with Crippen LogP contribution in [-0.2, 0) is 10.8 Å². The Morgan fingerprint density at radius 1 is 1.12 bits per heavy atom. The second kappa shape index (κ2) is 6.06. The molecule has 0 radical (unpaired) electrons. The van der Waals surface area contributed by atoms with Crippen molar-refractivity contribution >= 4 is 14.0 Å². The average molecular weight is 237 g/mol. The van der Waals surface area contributed by atoms with Crippen molar-refractivity contribution < 1.29 is 4.43 Å².